The number of piperazine rings is 1. The average molecular weight is 617 g/mol. The normalized spacial score (nSPS) is 17.6. The molecule has 0 bridgehead atoms. The van der Waals surface area contributed by atoms with Crippen LogP contribution in [0.3, 0.4) is 0 Å². The first-order valence-electron chi connectivity index (χ1n) is 13.1. The molecule has 6 rings (SSSR count). The van der Waals surface area contributed by atoms with E-state index in [1.165, 1.54) is 23.1 Å². The minimum atomic E-state index is -1.73. The van der Waals surface area contributed by atoms with E-state index in [1.54, 1.807) is 18.2 Å². The van der Waals surface area contributed by atoms with Crippen LogP contribution >= 0.6 is 23.1 Å². The van der Waals surface area contributed by atoms with Gasteiger partial charge in [-0.1, -0.05) is 18.2 Å². The largest absolute Gasteiger partial charge is 0.489 e. The van der Waals surface area contributed by atoms with E-state index in [0.717, 1.165) is 5.69 Å². The molecule has 2 aliphatic heterocycles. The predicted octanol–water partition coefficient (Wildman–Crippen LogP) is 5.70. The molecule has 0 spiro atoms. The molecule has 218 valence electrons. The van der Waals surface area contributed by atoms with Gasteiger partial charge in [-0.3, -0.25) is 9.89 Å². The highest BCUT2D eigenvalue weighted by atomic mass is 32.2. The molecule has 0 aliphatic carbocycles. The molecule has 7 nitrogen and oxygen atoms in total. The van der Waals surface area contributed by atoms with Crippen LogP contribution in [0.1, 0.15) is 16.1 Å². The van der Waals surface area contributed by atoms with Gasteiger partial charge in [0.25, 0.3) is 0 Å². The number of hydrogen-bond acceptors (Lipinski definition) is 8. The Hall–Kier alpha value is -3.68. The summed E-state index contributed by atoms with van der Waals surface area (Å²) in [4.78, 5) is 23.8. The van der Waals surface area contributed by atoms with Crippen LogP contribution in [-0.4, -0.2) is 64.0 Å². The Morgan fingerprint density at radius 2 is 1.69 bits per heavy atom. The van der Waals surface area contributed by atoms with Crippen LogP contribution in [0, 0.1) is 23.3 Å². The second-order valence-corrected chi connectivity index (χ2v) is 11.9. The highest BCUT2D eigenvalue weighted by molar-refractivity contribution is 8.15. The van der Waals surface area contributed by atoms with Crippen molar-refractivity contribution in [2.24, 2.45) is 4.99 Å². The summed E-state index contributed by atoms with van der Waals surface area (Å²) in [7, 11) is 0. The number of carbonyl (C=O) groups is 1. The van der Waals surface area contributed by atoms with E-state index in [2.05, 4.69) is 14.9 Å². The number of rotatable bonds is 8. The van der Waals surface area contributed by atoms with Gasteiger partial charge in [0.15, 0.2) is 23.5 Å². The Balaban J connectivity index is 1.16. The first kappa shape index (κ1) is 28.4. The molecule has 0 saturated carbocycles. The fourth-order valence-corrected chi connectivity index (χ4v) is 6.98. The summed E-state index contributed by atoms with van der Waals surface area (Å²) >= 11 is 2.58. The number of carboxylic acids is 1. The molecule has 42 heavy (non-hydrogen) atoms. The summed E-state index contributed by atoms with van der Waals surface area (Å²) < 4.78 is 65.8. The maximum Gasteiger partial charge on any atom is 0.329 e. The predicted molar refractivity (Wildman–Crippen MR) is 155 cm³/mol. The number of halogens is 4. The molecule has 4 aromatic rings. The van der Waals surface area contributed by atoms with Crippen molar-refractivity contribution in [2.45, 2.75) is 19.2 Å². The lowest BCUT2D eigenvalue weighted by molar-refractivity contribution is -0.137. The van der Waals surface area contributed by atoms with Crippen molar-refractivity contribution in [1.82, 2.24) is 9.88 Å². The topological polar surface area (TPSA) is 78.3 Å². The highest BCUT2D eigenvalue weighted by Gasteiger charge is 2.29. The van der Waals surface area contributed by atoms with Gasteiger partial charge in [-0.15, -0.1) is 23.1 Å². The summed E-state index contributed by atoms with van der Waals surface area (Å²) in [5.74, 6) is -6.47. The van der Waals surface area contributed by atoms with Gasteiger partial charge in [0, 0.05) is 49.7 Å². The number of thioether (sulfide) groups is 1. The van der Waals surface area contributed by atoms with Gasteiger partial charge < -0.3 is 14.7 Å². The van der Waals surface area contributed by atoms with Crippen molar-refractivity contribution in [1.29, 1.82) is 0 Å². The molecular weight excluding hydrogens is 592 g/mol. The van der Waals surface area contributed by atoms with Gasteiger partial charge in [0.2, 0.25) is 0 Å². The average Bonchev–Trinajstić information content (AvgIpc) is 3.67. The standard InChI is InChI=1S/C29H24F4N4O3S2/c30-23-18(13-36-8-10-37(11-9-36)16-4-2-1-3-5-16)24(31)26(33)25(32)19(23)14-40-17-6-7-20-22(12-17)42-28(34-20)27-35-21(15-41-27)29(38)39/h1-7,12,21H,8-11,13-15H2,(H,38,39)/t21-/m1/s1. The zero-order chi connectivity index (χ0) is 29.4. The van der Waals surface area contributed by atoms with Crippen LogP contribution < -0.4 is 9.64 Å². The molecule has 0 amide bonds. The summed E-state index contributed by atoms with van der Waals surface area (Å²) in [5.41, 5.74) is 0.447. The number of thiazole rings is 1. The maximum atomic E-state index is 15.5. The number of para-hydroxylation sites is 1. The summed E-state index contributed by atoms with van der Waals surface area (Å²) in [6, 6.07) is 13.8. The number of anilines is 1. The third kappa shape index (κ3) is 5.68. The number of aromatic nitrogens is 1. The van der Waals surface area contributed by atoms with Gasteiger partial charge in [-0.05, 0) is 30.3 Å². The monoisotopic (exact) mass is 616 g/mol. The van der Waals surface area contributed by atoms with Gasteiger partial charge in [-0.2, -0.15) is 0 Å². The van der Waals surface area contributed by atoms with Crippen LogP contribution in [0.4, 0.5) is 23.2 Å². The SMILES string of the molecule is O=C(O)[C@H]1CSC(c2nc3ccc(OCc4c(F)c(F)c(F)c(CN5CCN(c6ccccc6)CC5)c4F)cc3s2)=N1. The number of benzene rings is 3. The fourth-order valence-electron chi connectivity index (χ4n) is 4.89. The first-order valence-corrected chi connectivity index (χ1v) is 14.9. The summed E-state index contributed by atoms with van der Waals surface area (Å²) in [5, 5.41) is 10.3. The van der Waals surface area contributed by atoms with Crippen LogP contribution in [0.15, 0.2) is 53.5 Å². The van der Waals surface area contributed by atoms with Gasteiger partial charge in [0.05, 0.1) is 15.8 Å². The maximum absolute atomic E-state index is 15.5. The third-order valence-corrected chi connectivity index (χ3v) is 9.39. The lowest BCUT2D eigenvalue weighted by Crippen LogP contribution is -2.46. The second kappa shape index (κ2) is 11.9. The molecule has 1 aromatic heterocycles. The van der Waals surface area contributed by atoms with Gasteiger partial charge >= 0.3 is 5.97 Å². The van der Waals surface area contributed by atoms with E-state index in [-0.39, 0.29) is 12.3 Å². The number of aliphatic carboxylic acids is 1. The van der Waals surface area contributed by atoms with Crippen LogP contribution in [0.5, 0.6) is 5.75 Å². The Labute approximate surface area is 246 Å². The van der Waals surface area contributed by atoms with E-state index in [0.29, 0.717) is 52.2 Å². The summed E-state index contributed by atoms with van der Waals surface area (Å²) in [6.45, 7) is 1.39. The minimum Gasteiger partial charge on any atom is -0.489 e. The summed E-state index contributed by atoms with van der Waals surface area (Å²) in [6.07, 6.45) is 0. The number of fused-ring (bicyclic) bond motifs is 1. The van der Waals surface area contributed by atoms with Gasteiger partial charge in [0.1, 0.15) is 28.2 Å². The number of ether oxygens (including phenoxy) is 1. The van der Waals surface area contributed by atoms with Crippen molar-refractivity contribution in [3.63, 3.8) is 0 Å². The van der Waals surface area contributed by atoms with Crippen molar-refractivity contribution >= 4 is 50.0 Å². The van der Waals surface area contributed by atoms with Crippen molar-refractivity contribution in [3.8, 4) is 5.75 Å². The molecule has 3 aromatic carbocycles. The quantitative estimate of drug-likeness (QED) is 0.155. The zero-order valence-electron chi connectivity index (χ0n) is 22.0. The Kier molecular flexibility index (Phi) is 8.06. The van der Waals surface area contributed by atoms with Crippen molar-refractivity contribution < 1.29 is 32.2 Å². The molecule has 3 heterocycles. The highest BCUT2D eigenvalue weighted by Crippen LogP contribution is 2.33. The smallest absolute Gasteiger partial charge is 0.329 e. The molecule has 1 N–H and O–H groups in total. The van der Waals surface area contributed by atoms with E-state index >= 15 is 4.39 Å². The second-order valence-electron chi connectivity index (χ2n) is 9.85. The fraction of sp³-hybridized carbons (Fsp3) is 0.276. The van der Waals surface area contributed by atoms with E-state index in [1.807, 2.05) is 35.2 Å². The minimum absolute atomic E-state index is 0.204. The third-order valence-electron chi connectivity index (χ3n) is 7.18. The Morgan fingerprint density at radius 3 is 2.40 bits per heavy atom. The van der Waals surface area contributed by atoms with E-state index < -0.39 is 53.0 Å². The van der Waals surface area contributed by atoms with Crippen LogP contribution in [0.2, 0.25) is 0 Å². The van der Waals surface area contributed by atoms with Crippen molar-refractivity contribution in [3.05, 3.63) is 87.9 Å². The molecule has 1 fully saturated rings. The first-order chi connectivity index (χ1) is 20.3. The van der Waals surface area contributed by atoms with E-state index in [9.17, 15) is 23.1 Å². The molecule has 2 aliphatic rings. The molecule has 0 radical (unpaired) electrons. The number of hydrogen-bond donors (Lipinski definition) is 1. The molecule has 1 saturated heterocycles. The van der Waals surface area contributed by atoms with Crippen LogP contribution in [0.25, 0.3) is 10.2 Å². The molecule has 1 atom stereocenters. The lowest BCUT2D eigenvalue weighted by atomic mass is 10.1. The Bertz CT molecular complexity index is 1680. The number of nitrogens with zero attached hydrogens (tertiary/aromatic N) is 4. The Morgan fingerprint density at radius 1 is 0.952 bits per heavy atom. The molecule has 13 heteroatoms. The van der Waals surface area contributed by atoms with Crippen LogP contribution in [-0.2, 0) is 17.9 Å². The number of aliphatic imine (C=N–C) groups is 1. The molecular formula is C29H24F4N4O3S2. The molecule has 0 unspecified atom stereocenters. The zero-order valence-corrected chi connectivity index (χ0v) is 23.7. The van der Waals surface area contributed by atoms with E-state index in [4.69, 9.17) is 4.74 Å². The lowest BCUT2D eigenvalue weighted by Gasteiger charge is -2.36. The van der Waals surface area contributed by atoms with Gasteiger partial charge in [-0.25, -0.2) is 27.3 Å². The van der Waals surface area contributed by atoms with Crippen molar-refractivity contribution in [2.75, 3.05) is 36.8 Å². The number of carboxylic acid groups (broad SMARTS) is 1.